The number of rotatable bonds is 11. The Morgan fingerprint density at radius 1 is 0.952 bits per heavy atom. The fourth-order valence-electron chi connectivity index (χ4n) is 2.44. The predicted molar refractivity (Wildman–Crippen MR) is 88.2 cm³/mol. The molecule has 0 aliphatic carbocycles. The van der Waals surface area contributed by atoms with Gasteiger partial charge in [0.25, 0.3) is 0 Å². The number of carbonyl (C=O) groups excluding carboxylic acids is 1. The molecule has 0 amide bonds. The largest absolute Gasteiger partial charge is 0.460 e. The highest BCUT2D eigenvalue weighted by Crippen LogP contribution is 2.23. The van der Waals surface area contributed by atoms with E-state index in [1.165, 1.54) is 12.8 Å². The summed E-state index contributed by atoms with van der Waals surface area (Å²) in [6.45, 7) is 9.94. The molecule has 21 heavy (non-hydrogen) atoms. The van der Waals surface area contributed by atoms with Gasteiger partial charge in [-0.3, -0.25) is 4.79 Å². The Balaban J connectivity index is 4.44. The monoisotopic (exact) mass is 300 g/mol. The molecule has 1 N–H and O–H groups in total. The van der Waals surface area contributed by atoms with Crippen LogP contribution in [-0.2, 0) is 9.53 Å². The van der Waals surface area contributed by atoms with Crippen LogP contribution in [-0.4, -0.2) is 22.8 Å². The van der Waals surface area contributed by atoms with Crippen LogP contribution in [0.1, 0.15) is 92.4 Å². The SMILES string of the molecule is CCCCCC[C@H](O)[C@@H](CCCCC)C(=O)OC(C)(C)C. The van der Waals surface area contributed by atoms with Crippen molar-refractivity contribution in [3.63, 3.8) is 0 Å². The second-order valence-electron chi connectivity index (χ2n) is 7.05. The van der Waals surface area contributed by atoms with Gasteiger partial charge in [-0.15, -0.1) is 0 Å². The second kappa shape index (κ2) is 11.1. The summed E-state index contributed by atoms with van der Waals surface area (Å²) >= 11 is 0. The summed E-state index contributed by atoms with van der Waals surface area (Å²) in [5, 5.41) is 10.4. The highest BCUT2D eigenvalue weighted by atomic mass is 16.6. The number of hydrogen-bond acceptors (Lipinski definition) is 3. The number of aliphatic hydroxyl groups excluding tert-OH is 1. The third-order valence-corrected chi connectivity index (χ3v) is 3.65. The van der Waals surface area contributed by atoms with E-state index in [0.29, 0.717) is 6.42 Å². The average Bonchev–Trinajstić information content (AvgIpc) is 2.37. The molecule has 126 valence electrons. The maximum Gasteiger partial charge on any atom is 0.312 e. The van der Waals surface area contributed by atoms with E-state index in [2.05, 4.69) is 13.8 Å². The third-order valence-electron chi connectivity index (χ3n) is 3.65. The van der Waals surface area contributed by atoms with E-state index in [-0.39, 0.29) is 11.9 Å². The van der Waals surface area contributed by atoms with Gasteiger partial charge in [-0.2, -0.15) is 0 Å². The van der Waals surface area contributed by atoms with Crippen molar-refractivity contribution in [2.75, 3.05) is 0 Å². The van der Waals surface area contributed by atoms with E-state index in [9.17, 15) is 9.90 Å². The molecule has 0 rings (SSSR count). The number of carbonyl (C=O) groups is 1. The fraction of sp³-hybridized carbons (Fsp3) is 0.944. The van der Waals surface area contributed by atoms with Crippen molar-refractivity contribution in [2.24, 2.45) is 5.92 Å². The van der Waals surface area contributed by atoms with Crippen LogP contribution in [0, 0.1) is 5.92 Å². The first-order chi connectivity index (χ1) is 9.81. The smallest absolute Gasteiger partial charge is 0.312 e. The topological polar surface area (TPSA) is 46.5 Å². The van der Waals surface area contributed by atoms with E-state index in [1.807, 2.05) is 20.8 Å². The first-order valence-corrected chi connectivity index (χ1v) is 8.72. The first kappa shape index (κ1) is 20.4. The van der Waals surface area contributed by atoms with Crippen LogP contribution in [0.25, 0.3) is 0 Å². The van der Waals surface area contributed by atoms with Crippen LogP contribution >= 0.6 is 0 Å². The molecule has 0 saturated heterocycles. The van der Waals surface area contributed by atoms with Crippen LogP contribution in [0.5, 0.6) is 0 Å². The van der Waals surface area contributed by atoms with Gasteiger partial charge in [-0.1, -0.05) is 58.8 Å². The van der Waals surface area contributed by atoms with Crippen LogP contribution < -0.4 is 0 Å². The van der Waals surface area contributed by atoms with E-state index < -0.39 is 11.7 Å². The Morgan fingerprint density at radius 2 is 1.48 bits per heavy atom. The van der Waals surface area contributed by atoms with Gasteiger partial charge in [-0.05, 0) is 33.6 Å². The predicted octanol–water partition coefficient (Wildman–Crippen LogP) is 4.86. The molecule has 2 atom stereocenters. The lowest BCUT2D eigenvalue weighted by molar-refractivity contribution is -0.164. The molecule has 0 aliphatic rings. The van der Waals surface area contributed by atoms with E-state index in [0.717, 1.165) is 38.5 Å². The molecule has 0 bridgehead atoms. The van der Waals surface area contributed by atoms with Crippen molar-refractivity contribution in [3.05, 3.63) is 0 Å². The van der Waals surface area contributed by atoms with Gasteiger partial charge in [0.15, 0.2) is 0 Å². The van der Waals surface area contributed by atoms with Crippen LogP contribution in [0.4, 0.5) is 0 Å². The molecule has 0 aromatic heterocycles. The van der Waals surface area contributed by atoms with Gasteiger partial charge >= 0.3 is 5.97 Å². The molecule has 0 unspecified atom stereocenters. The number of hydrogen-bond donors (Lipinski definition) is 1. The Hall–Kier alpha value is -0.570. The van der Waals surface area contributed by atoms with Crippen molar-refractivity contribution in [1.29, 1.82) is 0 Å². The zero-order valence-electron chi connectivity index (χ0n) is 14.8. The minimum Gasteiger partial charge on any atom is -0.460 e. The number of ether oxygens (including phenoxy) is 1. The van der Waals surface area contributed by atoms with E-state index in [1.54, 1.807) is 0 Å². The Kier molecular flexibility index (Phi) is 10.8. The van der Waals surface area contributed by atoms with Crippen LogP contribution in [0.2, 0.25) is 0 Å². The summed E-state index contributed by atoms with van der Waals surface area (Å²) in [7, 11) is 0. The number of unbranched alkanes of at least 4 members (excludes halogenated alkanes) is 5. The molecular formula is C18H36O3. The maximum absolute atomic E-state index is 12.3. The Labute approximate surface area is 131 Å². The molecule has 0 spiro atoms. The quantitative estimate of drug-likeness (QED) is 0.438. The van der Waals surface area contributed by atoms with Crippen LogP contribution in [0.3, 0.4) is 0 Å². The molecule has 0 radical (unpaired) electrons. The maximum atomic E-state index is 12.3. The highest BCUT2D eigenvalue weighted by Gasteiger charge is 2.30. The molecule has 0 heterocycles. The van der Waals surface area contributed by atoms with E-state index in [4.69, 9.17) is 4.74 Å². The second-order valence-corrected chi connectivity index (χ2v) is 7.05. The Morgan fingerprint density at radius 3 is 2.00 bits per heavy atom. The van der Waals surface area contributed by atoms with E-state index >= 15 is 0 Å². The van der Waals surface area contributed by atoms with Crippen molar-refractivity contribution in [1.82, 2.24) is 0 Å². The normalized spacial score (nSPS) is 14.8. The van der Waals surface area contributed by atoms with Gasteiger partial charge in [0.2, 0.25) is 0 Å². The Bertz CT molecular complexity index is 268. The molecule has 0 fully saturated rings. The van der Waals surface area contributed by atoms with Crippen molar-refractivity contribution >= 4 is 5.97 Å². The van der Waals surface area contributed by atoms with Gasteiger partial charge in [0.05, 0.1) is 12.0 Å². The minimum atomic E-state index is -0.562. The summed E-state index contributed by atoms with van der Waals surface area (Å²) in [5.74, 6) is -0.598. The zero-order chi connectivity index (χ0) is 16.3. The van der Waals surface area contributed by atoms with Gasteiger partial charge in [-0.25, -0.2) is 0 Å². The molecule has 0 saturated carbocycles. The summed E-state index contributed by atoms with van der Waals surface area (Å²) in [4.78, 5) is 12.3. The summed E-state index contributed by atoms with van der Waals surface area (Å²) in [6.07, 6.45) is 8.57. The summed E-state index contributed by atoms with van der Waals surface area (Å²) < 4.78 is 5.48. The lowest BCUT2D eigenvalue weighted by Crippen LogP contribution is -2.35. The lowest BCUT2D eigenvalue weighted by Gasteiger charge is -2.27. The molecule has 0 aromatic carbocycles. The average molecular weight is 300 g/mol. The van der Waals surface area contributed by atoms with Gasteiger partial charge in [0, 0.05) is 0 Å². The van der Waals surface area contributed by atoms with Crippen LogP contribution in [0.15, 0.2) is 0 Å². The first-order valence-electron chi connectivity index (χ1n) is 8.72. The van der Waals surface area contributed by atoms with Crippen molar-refractivity contribution in [3.8, 4) is 0 Å². The minimum absolute atomic E-state index is 0.235. The summed E-state index contributed by atoms with van der Waals surface area (Å²) in [5.41, 5.74) is -0.484. The number of aliphatic hydroxyl groups is 1. The molecule has 0 aromatic rings. The molecule has 3 heteroatoms. The van der Waals surface area contributed by atoms with Crippen molar-refractivity contribution in [2.45, 2.75) is 104 Å². The van der Waals surface area contributed by atoms with Gasteiger partial charge < -0.3 is 9.84 Å². The fourth-order valence-corrected chi connectivity index (χ4v) is 2.44. The highest BCUT2D eigenvalue weighted by molar-refractivity contribution is 5.73. The van der Waals surface area contributed by atoms with Crippen molar-refractivity contribution < 1.29 is 14.6 Å². The zero-order valence-corrected chi connectivity index (χ0v) is 14.8. The standard InChI is InChI=1S/C18H36O3/c1-6-8-10-12-14-16(19)15(13-11-9-7-2)17(20)21-18(3,4)5/h15-16,19H,6-14H2,1-5H3/t15-,16+/m1/s1. The molecular weight excluding hydrogens is 264 g/mol. The summed E-state index contributed by atoms with van der Waals surface area (Å²) in [6, 6.07) is 0. The lowest BCUT2D eigenvalue weighted by atomic mass is 9.91. The van der Waals surface area contributed by atoms with Gasteiger partial charge in [0.1, 0.15) is 5.60 Å². The molecule has 0 aliphatic heterocycles. The number of esters is 1. The third kappa shape index (κ3) is 10.8. The molecule has 3 nitrogen and oxygen atoms in total.